The van der Waals surface area contributed by atoms with E-state index in [0.29, 0.717) is 11.1 Å². The van der Waals surface area contributed by atoms with Gasteiger partial charge in [0.25, 0.3) is 0 Å². The van der Waals surface area contributed by atoms with Crippen LogP contribution in [-0.4, -0.2) is 11.8 Å². The largest absolute Gasteiger partial charge is 0.545 e. The van der Waals surface area contributed by atoms with Crippen LogP contribution in [0.1, 0.15) is 27.6 Å². The first-order valence-electron chi connectivity index (χ1n) is 5.61. The summed E-state index contributed by atoms with van der Waals surface area (Å²) >= 11 is 0. The number of aromatic carboxylic acids is 1. The minimum Gasteiger partial charge on any atom is -0.545 e. The lowest BCUT2D eigenvalue weighted by Gasteiger charge is -2.08. The van der Waals surface area contributed by atoms with Gasteiger partial charge in [0.05, 0.1) is 5.97 Å². The third-order valence-corrected chi connectivity index (χ3v) is 2.78. The Morgan fingerprint density at radius 2 is 1.79 bits per heavy atom. The molecule has 0 atom stereocenters. The lowest BCUT2D eigenvalue weighted by molar-refractivity contribution is -0.255. The first-order valence-corrected chi connectivity index (χ1v) is 5.61. The average molecular weight is 257 g/mol. The zero-order chi connectivity index (χ0) is 14.0. The van der Waals surface area contributed by atoms with Crippen LogP contribution in [0.15, 0.2) is 42.5 Å². The standard InChI is InChI=1S/C15H11FO3/c1-9(17)10-3-2-4-11(7-10)13-8-12(15(18)19)5-6-14(13)16/h2-8H,1H3,(H,18,19)/p-1. The summed E-state index contributed by atoms with van der Waals surface area (Å²) in [6.45, 7) is 1.41. The summed E-state index contributed by atoms with van der Waals surface area (Å²) in [5.41, 5.74) is 0.915. The quantitative estimate of drug-likeness (QED) is 0.791. The van der Waals surface area contributed by atoms with Crippen LogP contribution in [0.25, 0.3) is 11.1 Å². The van der Waals surface area contributed by atoms with Crippen LogP contribution in [0.5, 0.6) is 0 Å². The molecule has 0 bridgehead atoms. The highest BCUT2D eigenvalue weighted by atomic mass is 19.1. The topological polar surface area (TPSA) is 57.2 Å². The summed E-state index contributed by atoms with van der Waals surface area (Å²) in [4.78, 5) is 22.1. The van der Waals surface area contributed by atoms with Crippen molar-refractivity contribution in [3.8, 4) is 11.1 Å². The van der Waals surface area contributed by atoms with Gasteiger partial charge >= 0.3 is 0 Å². The summed E-state index contributed by atoms with van der Waals surface area (Å²) in [5, 5.41) is 10.8. The van der Waals surface area contributed by atoms with Crippen molar-refractivity contribution < 1.29 is 19.1 Å². The molecule has 0 saturated carbocycles. The van der Waals surface area contributed by atoms with Crippen molar-refractivity contribution in [3.05, 3.63) is 59.4 Å². The van der Waals surface area contributed by atoms with Crippen LogP contribution in [0, 0.1) is 5.82 Å². The lowest BCUT2D eigenvalue weighted by atomic mass is 9.99. The van der Waals surface area contributed by atoms with Crippen LogP contribution >= 0.6 is 0 Å². The van der Waals surface area contributed by atoms with E-state index in [1.807, 2.05) is 0 Å². The third-order valence-electron chi connectivity index (χ3n) is 2.78. The van der Waals surface area contributed by atoms with Crippen LogP contribution in [0.3, 0.4) is 0 Å². The minimum atomic E-state index is -1.37. The van der Waals surface area contributed by atoms with E-state index in [0.717, 1.165) is 12.1 Å². The number of carboxylic acid groups (broad SMARTS) is 1. The van der Waals surface area contributed by atoms with Crippen LogP contribution in [0.4, 0.5) is 4.39 Å². The first-order chi connectivity index (χ1) is 8.99. The Morgan fingerprint density at radius 3 is 2.42 bits per heavy atom. The minimum absolute atomic E-state index is 0.107. The van der Waals surface area contributed by atoms with Gasteiger partial charge in [-0.2, -0.15) is 0 Å². The molecule has 96 valence electrons. The van der Waals surface area contributed by atoms with Gasteiger partial charge in [-0.1, -0.05) is 24.3 Å². The van der Waals surface area contributed by atoms with Crippen LogP contribution in [0.2, 0.25) is 0 Å². The fraction of sp³-hybridized carbons (Fsp3) is 0.0667. The fourth-order valence-corrected chi connectivity index (χ4v) is 1.78. The monoisotopic (exact) mass is 257 g/mol. The van der Waals surface area contributed by atoms with E-state index in [1.54, 1.807) is 18.2 Å². The van der Waals surface area contributed by atoms with Gasteiger partial charge in [-0.05, 0) is 36.2 Å². The summed E-state index contributed by atoms with van der Waals surface area (Å²) in [7, 11) is 0. The van der Waals surface area contributed by atoms with Gasteiger partial charge in [-0.3, -0.25) is 4.79 Å². The molecule has 0 aliphatic heterocycles. The molecule has 0 amide bonds. The molecule has 0 unspecified atom stereocenters. The first kappa shape index (κ1) is 13.0. The average Bonchev–Trinajstić information content (AvgIpc) is 2.39. The molecule has 0 aromatic heterocycles. The summed E-state index contributed by atoms with van der Waals surface area (Å²) < 4.78 is 13.8. The Morgan fingerprint density at radius 1 is 1.05 bits per heavy atom. The number of Topliss-reactive ketones (excluding diaryl/α,β-unsaturated/α-hetero) is 1. The van der Waals surface area contributed by atoms with Gasteiger partial charge in [0.15, 0.2) is 5.78 Å². The number of rotatable bonds is 3. The molecule has 0 radical (unpaired) electrons. The highest BCUT2D eigenvalue weighted by molar-refractivity contribution is 5.95. The normalized spacial score (nSPS) is 10.2. The highest BCUT2D eigenvalue weighted by Gasteiger charge is 2.08. The Balaban J connectivity index is 2.57. The van der Waals surface area contributed by atoms with Crippen molar-refractivity contribution >= 4 is 11.8 Å². The maximum atomic E-state index is 13.8. The molecule has 0 aliphatic carbocycles. The van der Waals surface area contributed by atoms with Crippen molar-refractivity contribution in [1.82, 2.24) is 0 Å². The van der Waals surface area contributed by atoms with E-state index in [9.17, 15) is 19.1 Å². The lowest BCUT2D eigenvalue weighted by Crippen LogP contribution is -2.22. The molecule has 0 heterocycles. The number of ketones is 1. The van der Waals surface area contributed by atoms with Gasteiger partial charge in [-0.15, -0.1) is 0 Å². The van der Waals surface area contributed by atoms with Crippen molar-refractivity contribution in [3.63, 3.8) is 0 Å². The number of carbonyl (C=O) groups excluding carboxylic acids is 2. The highest BCUT2D eigenvalue weighted by Crippen LogP contribution is 2.25. The van der Waals surface area contributed by atoms with E-state index in [2.05, 4.69) is 0 Å². The summed E-state index contributed by atoms with van der Waals surface area (Å²) in [5.74, 6) is -2.06. The molecular weight excluding hydrogens is 247 g/mol. The molecular formula is C15H10FO3-. The number of carboxylic acids is 1. The van der Waals surface area contributed by atoms with Gasteiger partial charge in [-0.25, -0.2) is 4.39 Å². The van der Waals surface area contributed by atoms with Crippen molar-refractivity contribution in [2.75, 3.05) is 0 Å². The van der Waals surface area contributed by atoms with Crippen LogP contribution in [-0.2, 0) is 0 Å². The smallest absolute Gasteiger partial charge is 0.159 e. The number of hydrogen-bond donors (Lipinski definition) is 0. The third kappa shape index (κ3) is 2.68. The number of benzene rings is 2. The van der Waals surface area contributed by atoms with Crippen molar-refractivity contribution in [2.24, 2.45) is 0 Å². The van der Waals surface area contributed by atoms with Gasteiger partial charge in [0.1, 0.15) is 5.82 Å². The van der Waals surface area contributed by atoms with E-state index >= 15 is 0 Å². The van der Waals surface area contributed by atoms with Gasteiger partial charge in [0.2, 0.25) is 0 Å². The van der Waals surface area contributed by atoms with Gasteiger partial charge < -0.3 is 9.90 Å². The second kappa shape index (κ2) is 5.02. The predicted octanol–water partition coefficient (Wildman–Crippen LogP) is 2.06. The zero-order valence-electron chi connectivity index (χ0n) is 10.1. The second-order valence-corrected chi connectivity index (χ2v) is 4.12. The molecule has 0 aliphatic rings. The number of hydrogen-bond acceptors (Lipinski definition) is 3. The van der Waals surface area contributed by atoms with E-state index < -0.39 is 11.8 Å². The zero-order valence-corrected chi connectivity index (χ0v) is 10.1. The molecule has 4 heteroatoms. The molecule has 2 aromatic rings. The molecule has 0 spiro atoms. The number of halogens is 1. The molecule has 0 N–H and O–H groups in total. The number of carbonyl (C=O) groups is 2. The Labute approximate surface area is 109 Å². The van der Waals surface area contributed by atoms with E-state index in [4.69, 9.17) is 0 Å². The molecule has 2 aromatic carbocycles. The molecule has 0 fully saturated rings. The van der Waals surface area contributed by atoms with Crippen LogP contribution < -0.4 is 5.11 Å². The SMILES string of the molecule is CC(=O)c1cccc(-c2cc(C(=O)[O-])ccc2F)c1. The second-order valence-electron chi connectivity index (χ2n) is 4.12. The van der Waals surface area contributed by atoms with Gasteiger partial charge in [0, 0.05) is 11.1 Å². The molecule has 2 rings (SSSR count). The Kier molecular flexibility index (Phi) is 3.42. The van der Waals surface area contributed by atoms with E-state index in [-0.39, 0.29) is 16.9 Å². The van der Waals surface area contributed by atoms with Crippen molar-refractivity contribution in [2.45, 2.75) is 6.92 Å². The Bertz CT molecular complexity index is 662. The van der Waals surface area contributed by atoms with E-state index in [1.165, 1.54) is 19.1 Å². The Hall–Kier alpha value is -2.49. The van der Waals surface area contributed by atoms with Crippen molar-refractivity contribution in [1.29, 1.82) is 0 Å². The fourth-order valence-electron chi connectivity index (χ4n) is 1.78. The predicted molar refractivity (Wildman–Crippen MR) is 66.2 cm³/mol. The summed E-state index contributed by atoms with van der Waals surface area (Å²) in [6.07, 6.45) is 0. The maximum Gasteiger partial charge on any atom is 0.159 e. The molecule has 3 nitrogen and oxygen atoms in total. The maximum absolute atomic E-state index is 13.8. The molecule has 19 heavy (non-hydrogen) atoms. The molecule has 0 saturated heterocycles. The summed E-state index contributed by atoms with van der Waals surface area (Å²) in [6, 6.07) is 9.79.